The fourth-order valence-corrected chi connectivity index (χ4v) is 1.99. The maximum absolute atomic E-state index is 13.7. The van der Waals surface area contributed by atoms with E-state index in [1.54, 1.807) is 13.0 Å². The minimum atomic E-state index is -4.39. The Labute approximate surface area is 113 Å². The second-order valence-electron chi connectivity index (χ2n) is 4.49. The van der Waals surface area contributed by atoms with Crippen LogP contribution in [0.15, 0.2) is 36.4 Å². The Kier molecular flexibility index (Phi) is 3.81. The van der Waals surface area contributed by atoms with Crippen molar-refractivity contribution in [1.82, 2.24) is 0 Å². The summed E-state index contributed by atoms with van der Waals surface area (Å²) in [5.41, 5.74) is 0.976. The van der Waals surface area contributed by atoms with Crippen molar-refractivity contribution in [2.45, 2.75) is 19.7 Å². The number of rotatable bonds is 2. The van der Waals surface area contributed by atoms with Crippen LogP contribution in [0.1, 0.15) is 16.7 Å². The number of benzene rings is 2. The molecule has 0 heterocycles. The topological polar surface area (TPSA) is 20.2 Å². The predicted molar refractivity (Wildman–Crippen MR) is 67.5 cm³/mol. The number of halogens is 4. The van der Waals surface area contributed by atoms with Crippen LogP contribution in [0.3, 0.4) is 0 Å². The summed E-state index contributed by atoms with van der Waals surface area (Å²) in [6.45, 7) is 1.23. The van der Waals surface area contributed by atoms with E-state index in [0.717, 1.165) is 12.1 Å². The van der Waals surface area contributed by atoms with Gasteiger partial charge in [0.1, 0.15) is 5.82 Å². The Morgan fingerprint density at radius 2 is 1.60 bits per heavy atom. The summed E-state index contributed by atoms with van der Waals surface area (Å²) in [4.78, 5) is 0. The number of aryl methyl sites for hydroxylation is 1. The molecule has 0 bridgehead atoms. The van der Waals surface area contributed by atoms with E-state index in [1.165, 1.54) is 18.2 Å². The molecule has 0 unspecified atom stereocenters. The minimum Gasteiger partial charge on any atom is -0.392 e. The van der Waals surface area contributed by atoms with Crippen LogP contribution < -0.4 is 0 Å². The van der Waals surface area contributed by atoms with Crippen molar-refractivity contribution < 1.29 is 22.7 Å². The van der Waals surface area contributed by atoms with Crippen LogP contribution in [0.4, 0.5) is 17.6 Å². The van der Waals surface area contributed by atoms with Crippen LogP contribution in [0.5, 0.6) is 0 Å². The van der Waals surface area contributed by atoms with Crippen LogP contribution in [-0.2, 0) is 12.8 Å². The molecule has 0 aliphatic carbocycles. The number of hydrogen-bond donors (Lipinski definition) is 1. The van der Waals surface area contributed by atoms with Crippen molar-refractivity contribution in [2.24, 2.45) is 0 Å². The summed E-state index contributed by atoms with van der Waals surface area (Å²) < 4.78 is 51.1. The van der Waals surface area contributed by atoms with Gasteiger partial charge in [0.2, 0.25) is 0 Å². The smallest absolute Gasteiger partial charge is 0.392 e. The molecule has 106 valence electrons. The van der Waals surface area contributed by atoms with E-state index in [4.69, 9.17) is 5.11 Å². The van der Waals surface area contributed by atoms with Crippen molar-refractivity contribution >= 4 is 0 Å². The molecule has 0 saturated heterocycles. The maximum atomic E-state index is 13.7. The normalized spacial score (nSPS) is 11.7. The number of alkyl halides is 3. The molecule has 5 heteroatoms. The van der Waals surface area contributed by atoms with E-state index in [0.29, 0.717) is 16.7 Å². The van der Waals surface area contributed by atoms with Gasteiger partial charge in [0.05, 0.1) is 12.2 Å². The molecule has 2 aromatic rings. The van der Waals surface area contributed by atoms with E-state index in [2.05, 4.69) is 0 Å². The summed E-state index contributed by atoms with van der Waals surface area (Å²) in [5.74, 6) is -0.567. The first-order valence-electron chi connectivity index (χ1n) is 5.90. The first-order valence-corrected chi connectivity index (χ1v) is 5.90. The predicted octanol–water partition coefficient (Wildman–Crippen LogP) is 4.31. The van der Waals surface area contributed by atoms with E-state index in [9.17, 15) is 17.6 Å². The summed E-state index contributed by atoms with van der Waals surface area (Å²) in [7, 11) is 0. The lowest BCUT2D eigenvalue weighted by Gasteiger charge is -2.10. The molecular formula is C15H12F4O. The lowest BCUT2D eigenvalue weighted by Crippen LogP contribution is -2.04. The van der Waals surface area contributed by atoms with Crippen LogP contribution >= 0.6 is 0 Å². The second-order valence-corrected chi connectivity index (χ2v) is 4.49. The third-order valence-electron chi connectivity index (χ3n) is 3.12. The molecule has 0 aliphatic rings. The van der Waals surface area contributed by atoms with Crippen LogP contribution in [0.2, 0.25) is 0 Å². The fourth-order valence-electron chi connectivity index (χ4n) is 1.99. The molecule has 1 N–H and O–H groups in total. The molecule has 2 rings (SSSR count). The van der Waals surface area contributed by atoms with Crippen molar-refractivity contribution in [3.8, 4) is 11.1 Å². The molecule has 0 saturated carbocycles. The number of aliphatic hydroxyl groups excluding tert-OH is 1. The summed E-state index contributed by atoms with van der Waals surface area (Å²) in [5, 5.41) is 9.02. The van der Waals surface area contributed by atoms with Gasteiger partial charge in [0, 0.05) is 5.56 Å². The Hall–Kier alpha value is -1.88. The maximum Gasteiger partial charge on any atom is 0.416 e. The monoisotopic (exact) mass is 284 g/mol. The Bertz CT molecular complexity index is 592. The zero-order valence-corrected chi connectivity index (χ0v) is 10.6. The third-order valence-corrected chi connectivity index (χ3v) is 3.12. The highest BCUT2D eigenvalue weighted by Crippen LogP contribution is 2.31. The Morgan fingerprint density at radius 3 is 2.05 bits per heavy atom. The molecule has 0 amide bonds. The fraction of sp³-hybridized carbons (Fsp3) is 0.200. The van der Waals surface area contributed by atoms with Gasteiger partial charge in [-0.2, -0.15) is 13.2 Å². The standard InChI is InChI=1S/C15H12F4O/c1-9-6-11(7-14(16)13(9)8-20)10-2-4-12(5-3-10)15(17,18)19/h2-7,20H,8H2,1H3. The molecular weight excluding hydrogens is 272 g/mol. The molecule has 0 radical (unpaired) electrons. The van der Waals surface area contributed by atoms with Gasteiger partial charge >= 0.3 is 6.18 Å². The molecule has 2 aromatic carbocycles. The zero-order chi connectivity index (χ0) is 14.9. The van der Waals surface area contributed by atoms with Crippen LogP contribution in [-0.4, -0.2) is 5.11 Å². The number of aliphatic hydroxyl groups is 1. The minimum absolute atomic E-state index is 0.195. The quantitative estimate of drug-likeness (QED) is 0.815. The van der Waals surface area contributed by atoms with Gasteiger partial charge < -0.3 is 5.11 Å². The van der Waals surface area contributed by atoms with Gasteiger partial charge in [-0.3, -0.25) is 0 Å². The van der Waals surface area contributed by atoms with Crippen molar-refractivity contribution in [3.05, 3.63) is 58.9 Å². The van der Waals surface area contributed by atoms with Crippen molar-refractivity contribution in [1.29, 1.82) is 0 Å². The van der Waals surface area contributed by atoms with E-state index in [1.807, 2.05) is 0 Å². The van der Waals surface area contributed by atoms with Gasteiger partial charge in [-0.15, -0.1) is 0 Å². The molecule has 0 spiro atoms. The third kappa shape index (κ3) is 2.82. The summed E-state index contributed by atoms with van der Waals surface area (Å²) in [6.07, 6.45) is -4.39. The average Bonchev–Trinajstić information content (AvgIpc) is 2.37. The van der Waals surface area contributed by atoms with Gasteiger partial charge in [-0.1, -0.05) is 18.2 Å². The lowest BCUT2D eigenvalue weighted by atomic mass is 9.98. The van der Waals surface area contributed by atoms with Crippen molar-refractivity contribution in [3.63, 3.8) is 0 Å². The van der Waals surface area contributed by atoms with Gasteiger partial charge in [0.15, 0.2) is 0 Å². The van der Waals surface area contributed by atoms with E-state index >= 15 is 0 Å². The molecule has 1 nitrogen and oxygen atoms in total. The summed E-state index contributed by atoms with van der Waals surface area (Å²) in [6, 6.07) is 7.37. The first kappa shape index (κ1) is 14.5. The Morgan fingerprint density at radius 1 is 1.00 bits per heavy atom. The SMILES string of the molecule is Cc1cc(-c2ccc(C(F)(F)F)cc2)cc(F)c1CO. The van der Waals surface area contributed by atoms with E-state index in [-0.39, 0.29) is 5.56 Å². The highest BCUT2D eigenvalue weighted by molar-refractivity contribution is 5.65. The van der Waals surface area contributed by atoms with Crippen LogP contribution in [0, 0.1) is 12.7 Å². The largest absolute Gasteiger partial charge is 0.416 e. The second kappa shape index (κ2) is 5.25. The highest BCUT2D eigenvalue weighted by Gasteiger charge is 2.29. The first-order chi connectivity index (χ1) is 9.32. The van der Waals surface area contributed by atoms with E-state index < -0.39 is 24.2 Å². The summed E-state index contributed by atoms with van der Waals surface area (Å²) >= 11 is 0. The van der Waals surface area contributed by atoms with Gasteiger partial charge in [-0.05, 0) is 41.8 Å². The molecule has 0 atom stereocenters. The molecule has 0 fully saturated rings. The zero-order valence-electron chi connectivity index (χ0n) is 10.6. The van der Waals surface area contributed by atoms with Gasteiger partial charge in [0.25, 0.3) is 0 Å². The molecule has 0 aromatic heterocycles. The Balaban J connectivity index is 2.42. The molecule has 0 aliphatic heterocycles. The van der Waals surface area contributed by atoms with Gasteiger partial charge in [-0.25, -0.2) is 4.39 Å². The highest BCUT2D eigenvalue weighted by atomic mass is 19.4. The average molecular weight is 284 g/mol. The molecule has 20 heavy (non-hydrogen) atoms. The number of hydrogen-bond acceptors (Lipinski definition) is 1. The van der Waals surface area contributed by atoms with Crippen molar-refractivity contribution in [2.75, 3.05) is 0 Å². The lowest BCUT2D eigenvalue weighted by molar-refractivity contribution is -0.137. The van der Waals surface area contributed by atoms with Crippen LogP contribution in [0.25, 0.3) is 11.1 Å².